The average Bonchev–Trinajstić information content (AvgIpc) is 3.60. The molecule has 10 heteroatoms. The monoisotopic (exact) mass is 525 g/mol. The van der Waals surface area contributed by atoms with Gasteiger partial charge in [0.25, 0.3) is 11.8 Å². The number of hydrogen-bond acceptors (Lipinski definition) is 6. The molecule has 3 saturated heterocycles. The molecule has 2 aromatic carbocycles. The molecule has 1 N–H and O–H groups in total. The van der Waals surface area contributed by atoms with E-state index in [-0.39, 0.29) is 30.4 Å². The molecule has 0 aromatic heterocycles. The number of rotatable bonds is 6. The zero-order valence-corrected chi connectivity index (χ0v) is 21.4. The number of nitrogens with zero attached hydrogens (tertiary/aromatic N) is 2. The van der Waals surface area contributed by atoms with Crippen LogP contribution in [0.25, 0.3) is 0 Å². The second-order valence-electron chi connectivity index (χ2n) is 9.86. The van der Waals surface area contributed by atoms with Gasteiger partial charge in [0.2, 0.25) is 5.91 Å². The molecule has 3 fully saturated rings. The maximum atomic E-state index is 13.9. The Hall–Kier alpha value is -3.50. The van der Waals surface area contributed by atoms with Gasteiger partial charge in [0.05, 0.1) is 19.8 Å². The summed E-state index contributed by atoms with van der Waals surface area (Å²) >= 11 is 0. The summed E-state index contributed by atoms with van der Waals surface area (Å²) in [4.78, 5) is 43.4. The van der Waals surface area contributed by atoms with Crippen LogP contribution in [-0.4, -0.2) is 85.3 Å². The molecule has 0 saturated carbocycles. The number of carbonyl (C=O) groups is 3. The second kappa shape index (κ2) is 11.1. The van der Waals surface area contributed by atoms with Crippen molar-refractivity contribution >= 4 is 17.7 Å². The zero-order valence-electron chi connectivity index (χ0n) is 21.4. The number of carbonyl (C=O) groups excluding carboxylic acids is 3. The fourth-order valence-corrected chi connectivity index (χ4v) is 5.43. The predicted octanol–water partition coefficient (Wildman–Crippen LogP) is 2.60. The molecule has 3 aliphatic rings. The lowest BCUT2D eigenvalue weighted by Crippen LogP contribution is -2.60. The molecule has 3 amide bonds. The molecule has 2 unspecified atom stereocenters. The van der Waals surface area contributed by atoms with Crippen LogP contribution in [0.15, 0.2) is 48.5 Å². The van der Waals surface area contributed by atoms with Crippen LogP contribution in [0.3, 0.4) is 0 Å². The Kier molecular flexibility index (Phi) is 7.62. The summed E-state index contributed by atoms with van der Waals surface area (Å²) in [5.41, 5.74) is -0.257. The number of benzene rings is 2. The third-order valence-electron chi connectivity index (χ3n) is 7.55. The first kappa shape index (κ1) is 26.1. The molecule has 0 radical (unpaired) electrons. The number of amides is 3. The Balaban J connectivity index is 1.35. The van der Waals surface area contributed by atoms with Crippen molar-refractivity contribution in [1.29, 1.82) is 0 Å². The molecule has 9 nitrogen and oxygen atoms in total. The van der Waals surface area contributed by atoms with Gasteiger partial charge in [0.1, 0.15) is 23.3 Å². The molecule has 2 atom stereocenters. The SMILES string of the molecule is COc1cccc(C(=O)N2C(C(=O)NCC3CCCO3)COC23CCN(C(=O)c2ccc(F)cc2)CC3)c1. The van der Waals surface area contributed by atoms with Crippen molar-refractivity contribution in [2.24, 2.45) is 0 Å². The minimum atomic E-state index is -1.04. The van der Waals surface area contributed by atoms with E-state index in [2.05, 4.69) is 5.32 Å². The number of piperidine rings is 1. The minimum absolute atomic E-state index is 0.0292. The van der Waals surface area contributed by atoms with Crippen LogP contribution < -0.4 is 10.1 Å². The van der Waals surface area contributed by atoms with Crippen molar-refractivity contribution in [2.75, 3.05) is 40.0 Å². The van der Waals surface area contributed by atoms with Gasteiger partial charge >= 0.3 is 0 Å². The minimum Gasteiger partial charge on any atom is -0.497 e. The topological polar surface area (TPSA) is 97.4 Å². The Labute approximate surface area is 220 Å². The van der Waals surface area contributed by atoms with E-state index >= 15 is 0 Å². The van der Waals surface area contributed by atoms with E-state index in [4.69, 9.17) is 14.2 Å². The van der Waals surface area contributed by atoms with E-state index in [0.29, 0.717) is 56.0 Å². The van der Waals surface area contributed by atoms with Gasteiger partial charge in [-0.3, -0.25) is 19.3 Å². The molecular weight excluding hydrogens is 493 g/mol. The normalized spacial score (nSPS) is 22.5. The smallest absolute Gasteiger partial charge is 0.257 e. The van der Waals surface area contributed by atoms with Crippen molar-refractivity contribution in [1.82, 2.24) is 15.1 Å². The molecule has 3 aliphatic heterocycles. The number of likely N-dealkylation sites (tertiary alicyclic amines) is 1. The first-order chi connectivity index (χ1) is 18.4. The Bertz CT molecular complexity index is 1180. The largest absolute Gasteiger partial charge is 0.497 e. The van der Waals surface area contributed by atoms with Gasteiger partial charge in [-0.25, -0.2) is 4.39 Å². The summed E-state index contributed by atoms with van der Waals surface area (Å²) in [6.07, 6.45) is 2.49. The molecular formula is C28H32FN3O6. The van der Waals surface area contributed by atoms with Crippen LogP contribution in [0.4, 0.5) is 4.39 Å². The quantitative estimate of drug-likeness (QED) is 0.623. The highest BCUT2D eigenvalue weighted by atomic mass is 19.1. The maximum absolute atomic E-state index is 13.9. The highest BCUT2D eigenvalue weighted by Crippen LogP contribution is 2.39. The van der Waals surface area contributed by atoms with Crippen LogP contribution >= 0.6 is 0 Å². The maximum Gasteiger partial charge on any atom is 0.257 e. The van der Waals surface area contributed by atoms with Gasteiger partial charge in [-0.1, -0.05) is 6.07 Å². The van der Waals surface area contributed by atoms with Crippen molar-refractivity contribution in [2.45, 2.75) is 43.6 Å². The Morgan fingerprint density at radius 2 is 1.84 bits per heavy atom. The Morgan fingerprint density at radius 1 is 1.08 bits per heavy atom. The zero-order chi connectivity index (χ0) is 26.7. The van der Waals surface area contributed by atoms with Crippen molar-refractivity contribution in [3.05, 3.63) is 65.5 Å². The lowest BCUT2D eigenvalue weighted by atomic mass is 9.96. The lowest BCUT2D eigenvalue weighted by molar-refractivity contribution is -0.128. The number of nitrogens with one attached hydrogen (secondary N) is 1. The van der Waals surface area contributed by atoms with E-state index in [1.807, 2.05) is 0 Å². The molecule has 202 valence electrons. The van der Waals surface area contributed by atoms with Gasteiger partial charge in [0.15, 0.2) is 0 Å². The van der Waals surface area contributed by atoms with Crippen molar-refractivity contribution in [3.8, 4) is 5.75 Å². The van der Waals surface area contributed by atoms with Gasteiger partial charge < -0.3 is 24.4 Å². The van der Waals surface area contributed by atoms with E-state index in [1.165, 1.54) is 31.4 Å². The first-order valence-corrected chi connectivity index (χ1v) is 13.0. The highest BCUT2D eigenvalue weighted by molar-refractivity contribution is 5.99. The molecule has 0 aliphatic carbocycles. The van der Waals surface area contributed by atoms with Crippen molar-refractivity contribution < 1.29 is 33.0 Å². The number of halogens is 1. The van der Waals surface area contributed by atoms with Crippen LogP contribution in [0.2, 0.25) is 0 Å². The number of ether oxygens (including phenoxy) is 3. The molecule has 5 rings (SSSR count). The van der Waals surface area contributed by atoms with Gasteiger partial charge in [-0.15, -0.1) is 0 Å². The molecule has 0 bridgehead atoms. The van der Waals surface area contributed by atoms with E-state index in [0.717, 1.165) is 12.8 Å². The highest BCUT2D eigenvalue weighted by Gasteiger charge is 2.54. The molecule has 38 heavy (non-hydrogen) atoms. The molecule has 1 spiro atoms. The van der Waals surface area contributed by atoms with Gasteiger partial charge in [-0.05, 0) is 55.3 Å². The Morgan fingerprint density at radius 3 is 2.53 bits per heavy atom. The van der Waals surface area contributed by atoms with Crippen molar-refractivity contribution in [3.63, 3.8) is 0 Å². The van der Waals surface area contributed by atoms with Crippen LogP contribution in [-0.2, 0) is 14.3 Å². The van der Waals surface area contributed by atoms with Crippen LogP contribution in [0.5, 0.6) is 5.75 Å². The lowest BCUT2D eigenvalue weighted by Gasteiger charge is -2.44. The second-order valence-corrected chi connectivity index (χ2v) is 9.86. The predicted molar refractivity (Wildman–Crippen MR) is 135 cm³/mol. The van der Waals surface area contributed by atoms with E-state index in [9.17, 15) is 18.8 Å². The molecule has 3 heterocycles. The summed E-state index contributed by atoms with van der Waals surface area (Å²) in [5, 5.41) is 2.94. The third kappa shape index (κ3) is 5.23. The summed E-state index contributed by atoms with van der Waals surface area (Å²) in [6, 6.07) is 11.4. The fourth-order valence-electron chi connectivity index (χ4n) is 5.43. The number of methoxy groups -OCH3 is 1. The summed E-state index contributed by atoms with van der Waals surface area (Å²) in [7, 11) is 1.53. The standard InChI is InChI=1S/C28H32FN3O6/c1-36-22-5-2-4-20(16-22)27(35)32-24(25(33)30-17-23-6-3-15-37-23)18-38-28(32)11-13-31(14-12-28)26(34)19-7-9-21(29)10-8-19/h2,4-5,7-10,16,23-24H,3,6,11-15,17-18H2,1H3,(H,30,33). The first-order valence-electron chi connectivity index (χ1n) is 13.0. The number of hydrogen-bond donors (Lipinski definition) is 1. The average molecular weight is 526 g/mol. The molecule has 2 aromatic rings. The van der Waals surface area contributed by atoms with Crippen LogP contribution in [0, 0.1) is 5.82 Å². The van der Waals surface area contributed by atoms with E-state index < -0.39 is 17.6 Å². The van der Waals surface area contributed by atoms with Gasteiger partial charge in [0, 0.05) is 50.2 Å². The van der Waals surface area contributed by atoms with Gasteiger partial charge in [-0.2, -0.15) is 0 Å². The summed E-state index contributed by atoms with van der Waals surface area (Å²) in [6.45, 7) is 1.76. The summed E-state index contributed by atoms with van der Waals surface area (Å²) < 4.78 is 30.5. The van der Waals surface area contributed by atoms with Crippen LogP contribution in [0.1, 0.15) is 46.4 Å². The van der Waals surface area contributed by atoms with E-state index in [1.54, 1.807) is 34.1 Å². The fraction of sp³-hybridized carbons (Fsp3) is 0.464. The third-order valence-corrected chi connectivity index (χ3v) is 7.55. The summed E-state index contributed by atoms with van der Waals surface area (Å²) in [5.74, 6) is -0.720.